The third kappa shape index (κ3) is 9.74. The summed E-state index contributed by atoms with van der Waals surface area (Å²) in [5.41, 5.74) is 0. The molecule has 72 valence electrons. The first-order valence-corrected chi connectivity index (χ1v) is 5.27. The topological polar surface area (TPSA) is 0 Å². The standard InChI is InChI=1S/C12H24/c1-3-5-7-9-11-12-10-8-6-4-2/h7,9H,3-6,8,10-12H2,1-2H3/b9-7-/i12D2. The molecule has 0 rings (SSSR count). The molecule has 0 aliphatic heterocycles. The van der Waals surface area contributed by atoms with E-state index in [1.54, 1.807) is 0 Å². The second kappa shape index (κ2) is 10.7. The second-order valence-electron chi connectivity index (χ2n) is 3.17. The highest BCUT2D eigenvalue weighted by Crippen LogP contribution is 2.05. The van der Waals surface area contributed by atoms with Crippen molar-refractivity contribution in [3.63, 3.8) is 0 Å². The average Bonchev–Trinajstić information content (AvgIpc) is 2.13. The van der Waals surface area contributed by atoms with E-state index in [1.807, 2.05) is 6.08 Å². The molecule has 0 N–H and O–H groups in total. The van der Waals surface area contributed by atoms with E-state index >= 15 is 0 Å². The fourth-order valence-electron chi connectivity index (χ4n) is 1.05. The quantitative estimate of drug-likeness (QED) is 0.366. The van der Waals surface area contributed by atoms with Gasteiger partial charge in [0.05, 0.1) is 0 Å². The van der Waals surface area contributed by atoms with Gasteiger partial charge in [0.25, 0.3) is 0 Å². The minimum atomic E-state index is -0.987. The van der Waals surface area contributed by atoms with Crippen molar-refractivity contribution in [1.29, 1.82) is 0 Å². The van der Waals surface area contributed by atoms with Crippen molar-refractivity contribution < 1.29 is 2.74 Å². The van der Waals surface area contributed by atoms with E-state index < -0.39 is 6.37 Å². The summed E-state index contributed by atoms with van der Waals surface area (Å²) in [6.07, 6.45) is 9.95. The molecule has 0 unspecified atom stereocenters. The molecule has 0 bridgehead atoms. The molecule has 0 nitrogen and oxygen atoms in total. The monoisotopic (exact) mass is 170 g/mol. The molecular formula is C12H24. The van der Waals surface area contributed by atoms with Crippen LogP contribution in [0.25, 0.3) is 0 Å². The molecule has 0 heteroatoms. The van der Waals surface area contributed by atoms with Crippen LogP contribution < -0.4 is 0 Å². The minimum absolute atomic E-state index is 0.580. The highest BCUT2D eigenvalue weighted by atomic mass is 13.9. The van der Waals surface area contributed by atoms with Crippen LogP contribution in [0, 0.1) is 0 Å². The van der Waals surface area contributed by atoms with Gasteiger partial charge < -0.3 is 0 Å². The molecule has 0 fully saturated rings. The summed E-state index contributed by atoms with van der Waals surface area (Å²) in [6, 6.07) is 0. The summed E-state index contributed by atoms with van der Waals surface area (Å²) in [4.78, 5) is 0. The third-order valence-electron chi connectivity index (χ3n) is 1.84. The molecule has 0 aromatic carbocycles. The Morgan fingerprint density at radius 2 is 1.67 bits per heavy atom. The van der Waals surface area contributed by atoms with Crippen molar-refractivity contribution in [2.45, 2.75) is 65.2 Å². The van der Waals surface area contributed by atoms with Gasteiger partial charge in [0, 0.05) is 2.74 Å². The molecule has 0 spiro atoms. The van der Waals surface area contributed by atoms with Crippen LogP contribution in [0.3, 0.4) is 0 Å². The smallest absolute Gasteiger partial charge is 0.0270 e. The van der Waals surface area contributed by atoms with E-state index in [9.17, 15) is 0 Å². The molecule has 0 saturated carbocycles. The summed E-state index contributed by atoms with van der Waals surface area (Å²) in [5, 5.41) is 0. The van der Waals surface area contributed by atoms with Crippen LogP contribution in [-0.2, 0) is 0 Å². The van der Waals surface area contributed by atoms with Crippen molar-refractivity contribution in [1.82, 2.24) is 0 Å². The van der Waals surface area contributed by atoms with Gasteiger partial charge in [0.2, 0.25) is 0 Å². The van der Waals surface area contributed by atoms with E-state index in [-0.39, 0.29) is 0 Å². The summed E-state index contributed by atoms with van der Waals surface area (Å²) < 4.78 is 15.5. The van der Waals surface area contributed by atoms with Gasteiger partial charge in [-0.2, -0.15) is 0 Å². The molecule has 0 amide bonds. The molecule has 0 aromatic rings. The fraction of sp³-hybridized carbons (Fsp3) is 0.833. The van der Waals surface area contributed by atoms with Crippen molar-refractivity contribution in [2.75, 3.05) is 0 Å². The molecule has 0 saturated heterocycles. The lowest BCUT2D eigenvalue weighted by Crippen LogP contribution is -1.75. The Bertz CT molecular complexity index is 150. The number of hydrogen-bond donors (Lipinski definition) is 0. The second-order valence-corrected chi connectivity index (χ2v) is 3.17. The molecule has 0 heterocycles. The first-order chi connectivity index (χ1) is 6.62. The highest BCUT2D eigenvalue weighted by molar-refractivity contribution is 4.80. The van der Waals surface area contributed by atoms with Crippen LogP contribution in [0.2, 0.25) is 0 Å². The zero-order valence-electron chi connectivity index (χ0n) is 10.6. The number of allylic oxidation sites excluding steroid dienone is 2. The molecule has 12 heavy (non-hydrogen) atoms. The molecule has 0 aliphatic rings. The summed E-state index contributed by atoms with van der Waals surface area (Å²) in [7, 11) is 0. The predicted octanol–water partition coefficient (Wildman–Crippen LogP) is 4.70. The van der Waals surface area contributed by atoms with Crippen LogP contribution in [0.1, 0.15) is 67.9 Å². The highest BCUT2D eigenvalue weighted by Gasteiger charge is 1.85. The van der Waals surface area contributed by atoms with Gasteiger partial charge >= 0.3 is 0 Å². The van der Waals surface area contributed by atoms with Crippen molar-refractivity contribution in [3.05, 3.63) is 12.2 Å². The summed E-state index contributed by atoms with van der Waals surface area (Å²) >= 11 is 0. The van der Waals surface area contributed by atoms with Gasteiger partial charge in [0.15, 0.2) is 0 Å². The van der Waals surface area contributed by atoms with E-state index in [0.717, 1.165) is 25.7 Å². The molecule has 0 atom stereocenters. The number of hydrogen-bond acceptors (Lipinski definition) is 0. The van der Waals surface area contributed by atoms with Gasteiger partial charge in [-0.3, -0.25) is 0 Å². The largest absolute Gasteiger partial charge is 0.0885 e. The Morgan fingerprint density at radius 3 is 2.33 bits per heavy atom. The normalized spacial score (nSPS) is 14.8. The van der Waals surface area contributed by atoms with E-state index in [2.05, 4.69) is 19.9 Å². The zero-order chi connectivity index (χ0) is 10.9. The molecule has 0 radical (unpaired) electrons. The Balaban J connectivity index is 3.60. The van der Waals surface area contributed by atoms with Crippen molar-refractivity contribution in [2.24, 2.45) is 0 Å². The minimum Gasteiger partial charge on any atom is -0.0885 e. The first kappa shape index (κ1) is 8.34. The average molecular weight is 170 g/mol. The number of rotatable bonds is 8. The van der Waals surface area contributed by atoms with Crippen LogP contribution in [0.15, 0.2) is 12.2 Å². The summed E-state index contributed by atoms with van der Waals surface area (Å²) in [6.45, 7) is 4.29. The lowest BCUT2D eigenvalue weighted by molar-refractivity contribution is 0.637. The van der Waals surface area contributed by atoms with Gasteiger partial charge in [-0.05, 0) is 19.2 Å². The Hall–Kier alpha value is -0.260. The van der Waals surface area contributed by atoms with Crippen molar-refractivity contribution in [3.8, 4) is 0 Å². The zero-order valence-corrected chi connectivity index (χ0v) is 8.60. The van der Waals surface area contributed by atoms with Gasteiger partial charge in [-0.1, -0.05) is 58.1 Å². The van der Waals surface area contributed by atoms with Crippen LogP contribution in [-0.4, -0.2) is 0 Å². The Morgan fingerprint density at radius 1 is 0.917 bits per heavy atom. The predicted molar refractivity (Wildman–Crippen MR) is 57.4 cm³/mol. The molecule has 0 aliphatic carbocycles. The van der Waals surface area contributed by atoms with E-state index in [4.69, 9.17) is 2.74 Å². The van der Waals surface area contributed by atoms with Gasteiger partial charge in [0.1, 0.15) is 0 Å². The van der Waals surface area contributed by atoms with E-state index in [1.165, 1.54) is 6.42 Å². The lowest BCUT2D eigenvalue weighted by atomic mass is 10.1. The van der Waals surface area contributed by atoms with Crippen LogP contribution >= 0.6 is 0 Å². The van der Waals surface area contributed by atoms with Crippen LogP contribution in [0.5, 0.6) is 0 Å². The SMILES string of the molecule is [2H]C([2H])(C/C=C\CCC)CCCCC. The van der Waals surface area contributed by atoms with Crippen LogP contribution in [0.4, 0.5) is 0 Å². The maximum atomic E-state index is 7.76. The number of unbranched alkanes of at least 4 members (excludes halogenated alkanes) is 3. The van der Waals surface area contributed by atoms with E-state index in [0.29, 0.717) is 12.8 Å². The Kier molecular flexibility index (Phi) is 7.47. The van der Waals surface area contributed by atoms with Crippen molar-refractivity contribution >= 4 is 0 Å². The van der Waals surface area contributed by atoms with Gasteiger partial charge in [-0.25, -0.2) is 0 Å². The summed E-state index contributed by atoms with van der Waals surface area (Å²) in [5.74, 6) is 0. The first-order valence-electron chi connectivity index (χ1n) is 6.27. The molecule has 0 aromatic heterocycles. The third-order valence-corrected chi connectivity index (χ3v) is 1.84. The lowest BCUT2D eigenvalue weighted by Gasteiger charge is -1.95. The van der Waals surface area contributed by atoms with Gasteiger partial charge in [-0.15, -0.1) is 0 Å². The maximum Gasteiger partial charge on any atom is 0.0270 e. The Labute approximate surface area is 80.9 Å². The fourth-order valence-corrected chi connectivity index (χ4v) is 1.05. The molecular weight excluding hydrogens is 144 g/mol. The maximum absolute atomic E-state index is 7.76.